The van der Waals surface area contributed by atoms with E-state index in [-0.39, 0.29) is 24.7 Å². The Labute approximate surface area is 191 Å². The Kier molecular flexibility index (Phi) is 7.43. The minimum Gasteiger partial charge on any atom is -0.526 e. The summed E-state index contributed by atoms with van der Waals surface area (Å²) in [5.74, 6) is -0.244. The number of benzene rings is 4. The van der Waals surface area contributed by atoms with Gasteiger partial charge in [-0.1, -0.05) is 60.7 Å². The van der Waals surface area contributed by atoms with Crippen LogP contribution in [0.3, 0.4) is 0 Å². The van der Waals surface area contributed by atoms with Crippen molar-refractivity contribution in [1.82, 2.24) is 0 Å². The third-order valence-corrected chi connectivity index (χ3v) is 4.65. The van der Waals surface area contributed by atoms with E-state index < -0.39 is 11.6 Å². The van der Waals surface area contributed by atoms with Crippen molar-refractivity contribution in [3.05, 3.63) is 120 Å². The molecule has 4 aromatic rings. The summed E-state index contributed by atoms with van der Waals surface area (Å²) in [6.07, 6.45) is 0. The highest BCUT2D eigenvalue weighted by Gasteiger charge is 2.10. The number of ether oxygens (including phenoxy) is 2. The van der Waals surface area contributed by atoms with Gasteiger partial charge in [0.1, 0.15) is 24.7 Å². The fraction of sp³-hybridized carbons (Fsp3) is 0.0769. The van der Waals surface area contributed by atoms with E-state index in [2.05, 4.69) is 0 Å². The molecule has 0 aromatic heterocycles. The molecule has 165 valence electrons. The van der Waals surface area contributed by atoms with Gasteiger partial charge in [-0.25, -0.2) is 8.78 Å². The molecule has 7 heteroatoms. The van der Waals surface area contributed by atoms with Crippen LogP contribution in [0.15, 0.2) is 97.1 Å². The van der Waals surface area contributed by atoms with E-state index in [1.54, 1.807) is 0 Å². The summed E-state index contributed by atoms with van der Waals surface area (Å²) in [6.45, 7) is 0.450. The lowest BCUT2D eigenvalue weighted by atomic mass is 10.2. The zero-order valence-electron chi connectivity index (χ0n) is 17.6. The maximum atomic E-state index is 14.1. The molecule has 4 rings (SSSR count). The third-order valence-electron chi connectivity index (χ3n) is 4.65. The van der Waals surface area contributed by atoms with Crippen molar-refractivity contribution in [2.75, 3.05) is 0 Å². The van der Waals surface area contributed by atoms with Crippen LogP contribution >= 0.6 is 0 Å². The van der Waals surface area contributed by atoms with E-state index in [0.29, 0.717) is 11.5 Å². The van der Waals surface area contributed by atoms with Gasteiger partial charge >= 0.3 is 7.69 Å². The van der Waals surface area contributed by atoms with Crippen LogP contribution in [0, 0.1) is 11.6 Å². The highest BCUT2D eigenvalue weighted by atomic mass is 19.1. The molecular formula is C26H20BF2O4. The molecule has 0 heterocycles. The number of halogens is 2. The lowest BCUT2D eigenvalue weighted by molar-refractivity contribution is 0.288. The molecule has 33 heavy (non-hydrogen) atoms. The summed E-state index contributed by atoms with van der Waals surface area (Å²) in [6, 6.07) is 27.1. The Balaban J connectivity index is 1.31. The number of hydrogen-bond donors (Lipinski definition) is 0. The highest BCUT2D eigenvalue weighted by molar-refractivity contribution is 6.20. The van der Waals surface area contributed by atoms with Crippen LogP contribution in [0.1, 0.15) is 11.1 Å². The summed E-state index contributed by atoms with van der Waals surface area (Å²) >= 11 is 0. The summed E-state index contributed by atoms with van der Waals surface area (Å²) < 4.78 is 50.1. The molecule has 0 bridgehead atoms. The van der Waals surface area contributed by atoms with Crippen LogP contribution in [0.25, 0.3) is 0 Å². The standard InChI is InChI=1S/C26H20BF2O4/c28-23-13-11-21(15-25(23)30-17-19-7-3-1-4-8-19)32-27-33-22-12-14-24(29)26(16-22)31-18-20-9-5-2-6-10-20/h1-16H,17-18H2. The molecule has 0 unspecified atom stereocenters. The molecule has 0 fully saturated rings. The summed E-state index contributed by atoms with van der Waals surface area (Å²) in [7, 11) is 1.07. The molecule has 0 saturated heterocycles. The molecule has 0 N–H and O–H groups in total. The predicted octanol–water partition coefficient (Wildman–Crippen LogP) is 6.11. The molecule has 1 radical (unpaired) electrons. The SMILES string of the molecule is Fc1ccc(O[B]Oc2ccc(F)c(OCc3ccccc3)c2)cc1OCc1ccccc1. The van der Waals surface area contributed by atoms with E-state index in [9.17, 15) is 8.78 Å². The smallest absolute Gasteiger partial charge is 0.526 e. The van der Waals surface area contributed by atoms with Crippen molar-refractivity contribution in [1.29, 1.82) is 0 Å². The van der Waals surface area contributed by atoms with Crippen LogP contribution < -0.4 is 18.8 Å². The lowest BCUT2D eigenvalue weighted by Gasteiger charge is -2.12. The predicted molar refractivity (Wildman–Crippen MR) is 121 cm³/mol. The van der Waals surface area contributed by atoms with Crippen molar-refractivity contribution in [2.45, 2.75) is 13.2 Å². The zero-order chi connectivity index (χ0) is 22.9. The second-order valence-electron chi connectivity index (χ2n) is 7.06. The van der Waals surface area contributed by atoms with E-state index >= 15 is 0 Å². The van der Waals surface area contributed by atoms with Gasteiger partial charge in [-0.3, -0.25) is 0 Å². The van der Waals surface area contributed by atoms with Crippen LogP contribution in [-0.4, -0.2) is 7.69 Å². The molecule has 4 nitrogen and oxygen atoms in total. The highest BCUT2D eigenvalue weighted by Crippen LogP contribution is 2.26. The largest absolute Gasteiger partial charge is 0.658 e. The van der Waals surface area contributed by atoms with Gasteiger partial charge in [-0.15, -0.1) is 0 Å². The van der Waals surface area contributed by atoms with Crippen LogP contribution in [0.5, 0.6) is 23.0 Å². The second-order valence-corrected chi connectivity index (χ2v) is 7.06. The first-order valence-corrected chi connectivity index (χ1v) is 10.2. The van der Waals surface area contributed by atoms with Gasteiger partial charge in [0.25, 0.3) is 0 Å². The molecule has 0 saturated carbocycles. The molecule has 0 spiro atoms. The van der Waals surface area contributed by atoms with Gasteiger partial charge in [0.2, 0.25) is 0 Å². The Morgan fingerprint density at radius 2 is 0.970 bits per heavy atom. The fourth-order valence-corrected chi connectivity index (χ4v) is 2.94. The van der Waals surface area contributed by atoms with Crippen LogP contribution in [0.4, 0.5) is 8.78 Å². The molecule has 0 amide bonds. The van der Waals surface area contributed by atoms with E-state index in [0.717, 1.165) is 18.8 Å². The fourth-order valence-electron chi connectivity index (χ4n) is 2.94. The number of rotatable bonds is 10. The average molecular weight is 445 g/mol. The van der Waals surface area contributed by atoms with E-state index in [4.69, 9.17) is 18.8 Å². The van der Waals surface area contributed by atoms with Gasteiger partial charge in [-0.2, -0.15) is 0 Å². The van der Waals surface area contributed by atoms with Crippen molar-refractivity contribution in [3.8, 4) is 23.0 Å². The summed E-state index contributed by atoms with van der Waals surface area (Å²) in [4.78, 5) is 0. The summed E-state index contributed by atoms with van der Waals surface area (Å²) in [5, 5.41) is 0. The third kappa shape index (κ3) is 6.49. The maximum absolute atomic E-state index is 14.1. The molecule has 0 atom stereocenters. The first-order chi connectivity index (χ1) is 16.2. The minimum absolute atomic E-state index is 0.0585. The van der Waals surface area contributed by atoms with Gasteiger partial charge in [0, 0.05) is 12.1 Å². The van der Waals surface area contributed by atoms with Gasteiger partial charge in [0.15, 0.2) is 23.1 Å². The van der Waals surface area contributed by atoms with E-state index in [1.807, 2.05) is 60.7 Å². The second kappa shape index (κ2) is 11.0. The first-order valence-electron chi connectivity index (χ1n) is 10.2. The summed E-state index contributed by atoms with van der Waals surface area (Å²) in [5.41, 5.74) is 1.83. The average Bonchev–Trinajstić information content (AvgIpc) is 2.85. The zero-order valence-corrected chi connectivity index (χ0v) is 17.6. The van der Waals surface area contributed by atoms with Crippen molar-refractivity contribution < 1.29 is 27.6 Å². The Bertz CT molecular complexity index is 1080. The molecule has 0 aliphatic rings. The van der Waals surface area contributed by atoms with Crippen molar-refractivity contribution >= 4 is 7.69 Å². The topological polar surface area (TPSA) is 36.9 Å². The Morgan fingerprint density at radius 3 is 1.39 bits per heavy atom. The van der Waals surface area contributed by atoms with Crippen LogP contribution in [-0.2, 0) is 13.2 Å². The van der Waals surface area contributed by atoms with Gasteiger partial charge < -0.3 is 18.8 Å². The molecule has 4 aromatic carbocycles. The van der Waals surface area contributed by atoms with Gasteiger partial charge in [-0.05, 0) is 35.4 Å². The quantitative estimate of drug-likeness (QED) is 0.276. The first kappa shape index (κ1) is 22.2. The van der Waals surface area contributed by atoms with Gasteiger partial charge in [0.05, 0.1) is 0 Å². The molecular weight excluding hydrogens is 425 g/mol. The normalized spacial score (nSPS) is 10.4. The van der Waals surface area contributed by atoms with Crippen molar-refractivity contribution in [3.63, 3.8) is 0 Å². The molecule has 0 aliphatic carbocycles. The number of hydrogen-bond acceptors (Lipinski definition) is 4. The van der Waals surface area contributed by atoms with Crippen molar-refractivity contribution in [2.24, 2.45) is 0 Å². The van der Waals surface area contributed by atoms with E-state index in [1.165, 1.54) is 36.4 Å². The Hall–Kier alpha value is -4.00. The monoisotopic (exact) mass is 445 g/mol. The van der Waals surface area contributed by atoms with Crippen LogP contribution in [0.2, 0.25) is 0 Å². The lowest BCUT2D eigenvalue weighted by Crippen LogP contribution is -2.11. The Morgan fingerprint density at radius 1 is 0.545 bits per heavy atom. The minimum atomic E-state index is -0.502. The maximum Gasteiger partial charge on any atom is 0.658 e. The molecule has 0 aliphatic heterocycles.